The van der Waals surface area contributed by atoms with Crippen LogP contribution >= 0.6 is 0 Å². The molecular weight excluding hydrogens is 308 g/mol. The highest BCUT2D eigenvalue weighted by atomic mass is 16.1. The summed E-state index contributed by atoms with van der Waals surface area (Å²) in [5.74, 6) is -0.169. The van der Waals surface area contributed by atoms with Gasteiger partial charge in [0.1, 0.15) is 0 Å². The van der Waals surface area contributed by atoms with Crippen molar-refractivity contribution in [3.05, 3.63) is 101 Å². The zero-order valence-electron chi connectivity index (χ0n) is 14.4. The van der Waals surface area contributed by atoms with Crippen LogP contribution in [-0.2, 0) is 17.8 Å². The van der Waals surface area contributed by atoms with E-state index in [1.165, 1.54) is 5.56 Å². The molecule has 0 aliphatic rings. The largest absolute Gasteiger partial charge is 0.351 e. The maximum absolute atomic E-state index is 12.9. The molecule has 3 aromatic rings. The summed E-state index contributed by atoms with van der Waals surface area (Å²) < 4.78 is 0. The molecule has 1 N–H and O–H groups in total. The zero-order valence-corrected chi connectivity index (χ0v) is 14.4. The van der Waals surface area contributed by atoms with E-state index in [2.05, 4.69) is 41.5 Å². The predicted molar refractivity (Wildman–Crippen MR) is 100 cm³/mol. The minimum atomic E-state index is -0.214. The lowest BCUT2D eigenvalue weighted by Gasteiger charge is -2.17. The van der Waals surface area contributed by atoms with Gasteiger partial charge in [0.05, 0.1) is 5.92 Å². The van der Waals surface area contributed by atoms with Crippen LogP contribution in [0.1, 0.15) is 28.2 Å². The molecule has 0 aliphatic carbocycles. The van der Waals surface area contributed by atoms with Crippen LogP contribution in [0.15, 0.2) is 79.1 Å². The Morgan fingerprint density at radius 3 is 2.28 bits per heavy atom. The Hall–Kier alpha value is -2.94. The number of carbonyl (C=O) groups is 1. The zero-order chi connectivity index (χ0) is 17.5. The van der Waals surface area contributed by atoms with Crippen LogP contribution in [0.5, 0.6) is 0 Å². The van der Waals surface area contributed by atoms with E-state index in [9.17, 15) is 4.79 Å². The molecule has 0 fully saturated rings. The van der Waals surface area contributed by atoms with E-state index in [0.29, 0.717) is 13.0 Å². The summed E-state index contributed by atoms with van der Waals surface area (Å²) in [6.07, 6.45) is 4.19. The Bertz CT molecular complexity index is 798. The molecule has 25 heavy (non-hydrogen) atoms. The van der Waals surface area contributed by atoms with Gasteiger partial charge in [0.15, 0.2) is 0 Å². The number of benzene rings is 2. The van der Waals surface area contributed by atoms with Gasteiger partial charge < -0.3 is 5.32 Å². The molecule has 3 heteroatoms. The first-order valence-corrected chi connectivity index (χ1v) is 8.49. The Labute approximate surface area is 148 Å². The molecule has 1 atom stereocenters. The van der Waals surface area contributed by atoms with Crippen molar-refractivity contribution < 1.29 is 4.79 Å². The maximum atomic E-state index is 12.9. The second kappa shape index (κ2) is 8.25. The first kappa shape index (κ1) is 16.9. The van der Waals surface area contributed by atoms with Crippen LogP contribution in [0.3, 0.4) is 0 Å². The summed E-state index contributed by atoms with van der Waals surface area (Å²) in [6, 6.07) is 22.1. The maximum Gasteiger partial charge on any atom is 0.228 e. The van der Waals surface area contributed by atoms with Gasteiger partial charge in [-0.05, 0) is 42.2 Å². The summed E-state index contributed by atoms with van der Waals surface area (Å²) in [7, 11) is 0. The minimum Gasteiger partial charge on any atom is -0.351 e. The van der Waals surface area contributed by atoms with Crippen LogP contribution in [0.4, 0.5) is 0 Å². The first-order valence-electron chi connectivity index (χ1n) is 8.49. The summed E-state index contributed by atoms with van der Waals surface area (Å²) in [5, 5.41) is 3.08. The van der Waals surface area contributed by atoms with Gasteiger partial charge in [-0.2, -0.15) is 0 Å². The number of rotatable bonds is 6. The van der Waals surface area contributed by atoms with Gasteiger partial charge in [0.25, 0.3) is 0 Å². The van der Waals surface area contributed by atoms with Crippen LogP contribution < -0.4 is 5.32 Å². The quantitative estimate of drug-likeness (QED) is 0.741. The third kappa shape index (κ3) is 4.77. The molecule has 0 saturated carbocycles. The number of amides is 1. The second-order valence-corrected chi connectivity index (χ2v) is 6.23. The number of pyridine rings is 1. The second-order valence-electron chi connectivity index (χ2n) is 6.23. The lowest BCUT2D eigenvalue weighted by molar-refractivity contribution is -0.122. The Balaban J connectivity index is 1.74. The SMILES string of the molecule is Cc1ccc(CNC(=O)C(Cc2ccncc2)c2ccccc2)cc1. The topological polar surface area (TPSA) is 42.0 Å². The number of nitrogens with zero attached hydrogens (tertiary/aromatic N) is 1. The number of aryl methyl sites for hydroxylation is 1. The predicted octanol–water partition coefficient (Wildman–Crippen LogP) is 4.03. The van der Waals surface area contributed by atoms with Crippen LogP contribution in [0.25, 0.3) is 0 Å². The van der Waals surface area contributed by atoms with Crippen molar-refractivity contribution in [3.63, 3.8) is 0 Å². The highest BCUT2D eigenvalue weighted by Gasteiger charge is 2.20. The lowest BCUT2D eigenvalue weighted by atomic mass is 9.91. The third-order valence-electron chi connectivity index (χ3n) is 4.29. The van der Waals surface area contributed by atoms with Crippen LogP contribution in [-0.4, -0.2) is 10.9 Å². The number of carbonyl (C=O) groups excluding carboxylic acids is 1. The van der Waals surface area contributed by atoms with Gasteiger partial charge in [-0.15, -0.1) is 0 Å². The standard InChI is InChI=1S/C22H22N2O/c1-17-7-9-19(10-8-17)16-24-22(25)21(20-5-3-2-4-6-20)15-18-11-13-23-14-12-18/h2-14,21H,15-16H2,1H3,(H,24,25). The smallest absolute Gasteiger partial charge is 0.228 e. The molecule has 0 bridgehead atoms. The highest BCUT2D eigenvalue weighted by Crippen LogP contribution is 2.21. The fourth-order valence-corrected chi connectivity index (χ4v) is 2.82. The molecule has 1 aromatic heterocycles. The van der Waals surface area contributed by atoms with Gasteiger partial charge in [-0.25, -0.2) is 0 Å². The van der Waals surface area contributed by atoms with E-state index in [0.717, 1.165) is 16.7 Å². The van der Waals surface area contributed by atoms with Crippen molar-refractivity contribution in [2.75, 3.05) is 0 Å². The fraction of sp³-hybridized carbons (Fsp3) is 0.182. The normalized spacial score (nSPS) is 11.7. The average Bonchev–Trinajstić information content (AvgIpc) is 2.67. The first-order chi connectivity index (χ1) is 12.2. The Morgan fingerprint density at radius 1 is 0.920 bits per heavy atom. The molecule has 0 saturated heterocycles. The number of aromatic nitrogens is 1. The molecule has 0 radical (unpaired) electrons. The number of nitrogens with one attached hydrogen (secondary N) is 1. The van der Waals surface area contributed by atoms with Crippen molar-refractivity contribution in [2.24, 2.45) is 0 Å². The van der Waals surface area contributed by atoms with E-state index in [1.54, 1.807) is 12.4 Å². The van der Waals surface area contributed by atoms with Crippen LogP contribution in [0.2, 0.25) is 0 Å². The summed E-state index contributed by atoms with van der Waals surface area (Å²) in [4.78, 5) is 16.9. The van der Waals surface area contributed by atoms with Crippen molar-refractivity contribution >= 4 is 5.91 Å². The summed E-state index contributed by atoms with van der Waals surface area (Å²) in [5.41, 5.74) is 4.46. The summed E-state index contributed by atoms with van der Waals surface area (Å²) in [6.45, 7) is 2.60. The van der Waals surface area contributed by atoms with Crippen molar-refractivity contribution in [1.82, 2.24) is 10.3 Å². The Morgan fingerprint density at radius 2 is 1.60 bits per heavy atom. The number of hydrogen-bond acceptors (Lipinski definition) is 2. The van der Waals surface area contributed by atoms with Crippen molar-refractivity contribution in [3.8, 4) is 0 Å². The lowest BCUT2D eigenvalue weighted by Crippen LogP contribution is -2.30. The molecule has 0 spiro atoms. The molecule has 1 heterocycles. The molecule has 1 amide bonds. The molecule has 3 nitrogen and oxygen atoms in total. The van der Waals surface area contributed by atoms with Gasteiger partial charge in [0, 0.05) is 18.9 Å². The van der Waals surface area contributed by atoms with E-state index in [4.69, 9.17) is 0 Å². The molecule has 3 rings (SSSR count). The van der Waals surface area contributed by atoms with Gasteiger partial charge >= 0.3 is 0 Å². The fourth-order valence-electron chi connectivity index (χ4n) is 2.82. The van der Waals surface area contributed by atoms with Crippen molar-refractivity contribution in [2.45, 2.75) is 25.8 Å². The molecule has 2 aromatic carbocycles. The van der Waals surface area contributed by atoms with E-state index in [-0.39, 0.29) is 11.8 Å². The monoisotopic (exact) mass is 330 g/mol. The van der Waals surface area contributed by atoms with E-state index < -0.39 is 0 Å². The van der Waals surface area contributed by atoms with Gasteiger partial charge in [0.2, 0.25) is 5.91 Å². The minimum absolute atomic E-state index is 0.0450. The van der Waals surface area contributed by atoms with E-state index in [1.807, 2.05) is 42.5 Å². The van der Waals surface area contributed by atoms with Crippen LogP contribution in [0, 0.1) is 6.92 Å². The van der Waals surface area contributed by atoms with Gasteiger partial charge in [-0.3, -0.25) is 9.78 Å². The van der Waals surface area contributed by atoms with Crippen molar-refractivity contribution in [1.29, 1.82) is 0 Å². The number of hydrogen-bond donors (Lipinski definition) is 1. The highest BCUT2D eigenvalue weighted by molar-refractivity contribution is 5.84. The molecular formula is C22H22N2O. The Kier molecular flexibility index (Phi) is 5.57. The van der Waals surface area contributed by atoms with E-state index >= 15 is 0 Å². The summed E-state index contributed by atoms with van der Waals surface area (Å²) >= 11 is 0. The third-order valence-corrected chi connectivity index (χ3v) is 4.29. The average molecular weight is 330 g/mol. The molecule has 0 aliphatic heterocycles. The molecule has 1 unspecified atom stereocenters. The van der Waals surface area contributed by atoms with Gasteiger partial charge in [-0.1, -0.05) is 60.2 Å². The molecule has 126 valence electrons.